The summed E-state index contributed by atoms with van der Waals surface area (Å²) in [6, 6.07) is 41.1. The lowest BCUT2D eigenvalue weighted by Gasteiger charge is -2.30. The lowest BCUT2D eigenvalue weighted by atomic mass is 9.88. The molecule has 45 heavy (non-hydrogen) atoms. The molecule has 0 bridgehead atoms. The first-order chi connectivity index (χ1) is 22.1. The number of hydrogen-bond acceptors (Lipinski definition) is 3. The van der Waals surface area contributed by atoms with Gasteiger partial charge in [0.1, 0.15) is 23.9 Å². The van der Waals surface area contributed by atoms with Crippen molar-refractivity contribution < 1.29 is 18.7 Å². The van der Waals surface area contributed by atoms with E-state index in [1.54, 1.807) is 7.11 Å². The van der Waals surface area contributed by atoms with Crippen LogP contribution in [-0.4, -0.2) is 13.0 Å². The summed E-state index contributed by atoms with van der Waals surface area (Å²) in [6.07, 6.45) is 4.16. The highest BCUT2D eigenvalue weighted by Gasteiger charge is 2.42. The highest BCUT2D eigenvalue weighted by Crippen LogP contribution is 2.47. The summed E-state index contributed by atoms with van der Waals surface area (Å²) in [5, 5.41) is 0. The van der Waals surface area contributed by atoms with Gasteiger partial charge in [-0.05, 0) is 83.8 Å². The van der Waals surface area contributed by atoms with Gasteiger partial charge in [-0.15, -0.1) is 0 Å². The van der Waals surface area contributed by atoms with Crippen LogP contribution in [0.3, 0.4) is 0 Å². The van der Waals surface area contributed by atoms with Gasteiger partial charge in [-0.25, -0.2) is 4.39 Å². The lowest BCUT2D eigenvalue weighted by molar-refractivity contribution is -0.117. The van der Waals surface area contributed by atoms with Crippen molar-refractivity contribution in [2.75, 3.05) is 12.0 Å². The number of ether oxygens (including phenoxy) is 2. The fourth-order valence-corrected chi connectivity index (χ4v) is 6.34. The summed E-state index contributed by atoms with van der Waals surface area (Å²) >= 11 is 0. The second-order valence-electron chi connectivity index (χ2n) is 11.6. The van der Waals surface area contributed by atoms with Gasteiger partial charge in [0, 0.05) is 23.7 Å². The fourth-order valence-electron chi connectivity index (χ4n) is 6.34. The van der Waals surface area contributed by atoms with E-state index in [4.69, 9.17) is 9.47 Å². The van der Waals surface area contributed by atoms with Gasteiger partial charge < -0.3 is 14.4 Å². The SMILES string of the molecule is COc1ccc(C2[C@@H](CCCCc3ccc(F)cc3)CC(=O)N2c2ccc(-c3ccccc3)cc2)c(OCc2ccccc2)c1. The predicted molar refractivity (Wildman–Crippen MR) is 178 cm³/mol. The molecule has 2 atom stereocenters. The van der Waals surface area contributed by atoms with Crippen LogP contribution in [0.5, 0.6) is 11.5 Å². The van der Waals surface area contributed by atoms with Gasteiger partial charge in [-0.2, -0.15) is 0 Å². The standard InChI is InChI=1S/C40H38FNO3/c1-44-36-24-25-37(38(27-36)45-28-30-11-4-2-5-12-30)40-33(15-9-8-10-29-16-20-34(41)21-17-29)26-39(43)42(40)35-22-18-32(19-23-35)31-13-6-3-7-14-31/h2-7,11-14,16-25,27,33,40H,8-10,15,26,28H2,1H3/t33-,40?/m0/s1. The number of rotatable bonds is 12. The maximum atomic E-state index is 13.8. The summed E-state index contributed by atoms with van der Waals surface area (Å²) < 4.78 is 25.4. The molecular formula is C40H38FNO3. The van der Waals surface area contributed by atoms with E-state index in [-0.39, 0.29) is 23.7 Å². The average molecular weight is 600 g/mol. The molecule has 5 aromatic carbocycles. The van der Waals surface area contributed by atoms with Gasteiger partial charge in [0.2, 0.25) is 5.91 Å². The fraction of sp³-hybridized carbons (Fsp3) is 0.225. The summed E-state index contributed by atoms with van der Waals surface area (Å²) in [5.41, 5.74) is 6.30. The van der Waals surface area contributed by atoms with Crippen molar-refractivity contribution in [3.05, 3.63) is 150 Å². The molecule has 228 valence electrons. The number of amides is 1. The molecule has 1 heterocycles. The second-order valence-corrected chi connectivity index (χ2v) is 11.6. The second kappa shape index (κ2) is 14.3. The van der Waals surface area contributed by atoms with E-state index in [1.165, 1.54) is 12.1 Å². The summed E-state index contributed by atoms with van der Waals surface area (Å²) in [6.45, 7) is 0.412. The van der Waals surface area contributed by atoms with E-state index in [1.807, 2.05) is 77.7 Å². The summed E-state index contributed by atoms with van der Waals surface area (Å²) in [7, 11) is 1.65. The zero-order valence-electron chi connectivity index (χ0n) is 25.6. The maximum Gasteiger partial charge on any atom is 0.227 e. The van der Waals surface area contributed by atoms with Crippen molar-refractivity contribution >= 4 is 11.6 Å². The number of hydrogen-bond donors (Lipinski definition) is 0. The molecule has 1 fully saturated rings. The molecule has 0 aliphatic carbocycles. The molecule has 1 aliphatic rings. The molecular weight excluding hydrogens is 561 g/mol. The molecule has 1 unspecified atom stereocenters. The van der Waals surface area contributed by atoms with Crippen LogP contribution in [0, 0.1) is 11.7 Å². The number of unbranched alkanes of at least 4 members (excludes halogenated alkanes) is 1. The number of nitrogens with zero attached hydrogens (tertiary/aromatic N) is 1. The average Bonchev–Trinajstić information content (AvgIpc) is 3.42. The van der Waals surface area contributed by atoms with Gasteiger partial charge in [0.25, 0.3) is 0 Å². The zero-order chi connectivity index (χ0) is 31.0. The largest absolute Gasteiger partial charge is 0.497 e. The normalized spacial score (nSPS) is 16.1. The van der Waals surface area contributed by atoms with Crippen LogP contribution in [0.15, 0.2) is 127 Å². The van der Waals surface area contributed by atoms with Crippen molar-refractivity contribution in [2.24, 2.45) is 5.92 Å². The summed E-state index contributed by atoms with van der Waals surface area (Å²) in [5.74, 6) is 1.43. The number of benzene rings is 5. The molecule has 6 rings (SSSR count). The number of carbonyl (C=O) groups excluding carboxylic acids is 1. The van der Waals surface area contributed by atoms with E-state index in [0.29, 0.717) is 18.8 Å². The van der Waals surface area contributed by atoms with Crippen molar-refractivity contribution in [3.63, 3.8) is 0 Å². The van der Waals surface area contributed by atoms with Crippen molar-refractivity contribution in [3.8, 4) is 22.6 Å². The topological polar surface area (TPSA) is 38.8 Å². The molecule has 4 nitrogen and oxygen atoms in total. The predicted octanol–water partition coefficient (Wildman–Crippen LogP) is 9.59. The number of methoxy groups -OCH3 is 1. The van der Waals surface area contributed by atoms with E-state index >= 15 is 0 Å². The van der Waals surface area contributed by atoms with Crippen molar-refractivity contribution in [1.82, 2.24) is 0 Å². The van der Waals surface area contributed by atoms with Crippen LogP contribution in [0.1, 0.15) is 48.4 Å². The van der Waals surface area contributed by atoms with Crippen LogP contribution in [0.4, 0.5) is 10.1 Å². The highest BCUT2D eigenvalue weighted by atomic mass is 19.1. The number of aryl methyl sites for hydroxylation is 1. The monoisotopic (exact) mass is 599 g/mol. The Labute approximate surface area is 265 Å². The molecule has 1 saturated heterocycles. The first-order valence-corrected chi connectivity index (χ1v) is 15.7. The third-order valence-electron chi connectivity index (χ3n) is 8.66. The molecule has 1 amide bonds. The Balaban J connectivity index is 1.30. The molecule has 0 radical (unpaired) electrons. The van der Waals surface area contributed by atoms with Crippen molar-refractivity contribution in [1.29, 1.82) is 0 Å². The van der Waals surface area contributed by atoms with E-state index in [0.717, 1.165) is 64.9 Å². The van der Waals surface area contributed by atoms with Gasteiger partial charge in [0.05, 0.1) is 13.2 Å². The van der Waals surface area contributed by atoms with Crippen LogP contribution in [0.25, 0.3) is 11.1 Å². The Morgan fingerprint density at radius 1 is 0.756 bits per heavy atom. The number of halogens is 1. The first-order valence-electron chi connectivity index (χ1n) is 15.7. The lowest BCUT2D eigenvalue weighted by Crippen LogP contribution is -2.29. The Morgan fingerprint density at radius 3 is 2.16 bits per heavy atom. The van der Waals surface area contributed by atoms with Gasteiger partial charge in [0.15, 0.2) is 0 Å². The minimum atomic E-state index is -0.215. The van der Waals surface area contributed by atoms with Gasteiger partial charge >= 0.3 is 0 Å². The Bertz CT molecular complexity index is 1690. The molecule has 0 spiro atoms. The van der Waals surface area contributed by atoms with Crippen molar-refractivity contribution in [2.45, 2.75) is 44.8 Å². The van der Waals surface area contributed by atoms with Crippen LogP contribution < -0.4 is 14.4 Å². The Hall–Kier alpha value is -4.90. The van der Waals surface area contributed by atoms with Crippen LogP contribution in [-0.2, 0) is 17.8 Å². The van der Waals surface area contributed by atoms with E-state index < -0.39 is 0 Å². The Kier molecular flexibility index (Phi) is 9.55. The zero-order valence-corrected chi connectivity index (χ0v) is 25.6. The minimum Gasteiger partial charge on any atom is -0.497 e. The van der Waals surface area contributed by atoms with E-state index in [9.17, 15) is 9.18 Å². The number of anilines is 1. The molecule has 5 heteroatoms. The maximum absolute atomic E-state index is 13.8. The third-order valence-corrected chi connectivity index (χ3v) is 8.66. The van der Waals surface area contributed by atoms with Gasteiger partial charge in [-0.1, -0.05) is 91.3 Å². The Morgan fingerprint density at radius 2 is 1.44 bits per heavy atom. The molecule has 1 aliphatic heterocycles. The molecule has 5 aromatic rings. The van der Waals surface area contributed by atoms with Gasteiger partial charge in [-0.3, -0.25) is 4.79 Å². The first kappa shape index (κ1) is 30.1. The quantitative estimate of drug-likeness (QED) is 0.134. The molecule has 0 N–H and O–H groups in total. The third kappa shape index (κ3) is 7.26. The highest BCUT2D eigenvalue weighted by molar-refractivity contribution is 5.97. The van der Waals surface area contributed by atoms with Crippen LogP contribution in [0.2, 0.25) is 0 Å². The molecule has 0 aromatic heterocycles. The smallest absolute Gasteiger partial charge is 0.227 e. The van der Waals surface area contributed by atoms with Crippen LogP contribution >= 0.6 is 0 Å². The minimum absolute atomic E-state index is 0.104. The molecule has 0 saturated carbocycles. The number of carbonyl (C=O) groups is 1. The van der Waals surface area contributed by atoms with E-state index in [2.05, 4.69) is 42.5 Å². The summed E-state index contributed by atoms with van der Waals surface area (Å²) in [4.78, 5) is 15.8.